The maximum Gasteiger partial charge on any atom is 0.186 e. The molecule has 13 heavy (non-hydrogen) atoms. The highest BCUT2D eigenvalue weighted by molar-refractivity contribution is 7.10. The van der Waals surface area contributed by atoms with Crippen LogP contribution in [0.15, 0.2) is 11.4 Å². The van der Waals surface area contributed by atoms with Gasteiger partial charge in [0.05, 0.1) is 6.67 Å². The summed E-state index contributed by atoms with van der Waals surface area (Å²) in [7, 11) is 0. The highest BCUT2D eigenvalue weighted by Crippen LogP contribution is 2.13. The second-order valence-electron chi connectivity index (χ2n) is 2.70. The van der Waals surface area contributed by atoms with E-state index in [1.807, 2.05) is 0 Å². The van der Waals surface area contributed by atoms with E-state index in [0.717, 1.165) is 6.54 Å². The van der Waals surface area contributed by atoms with Crippen molar-refractivity contribution in [2.24, 2.45) is 5.73 Å². The Morgan fingerprint density at radius 1 is 1.69 bits per heavy atom. The summed E-state index contributed by atoms with van der Waals surface area (Å²) in [6, 6.07) is 2.10. The molecule has 0 unspecified atom stereocenters. The standard InChI is InChI=1S/C8H14N4S/c1-6-7(2-3-13-6)4-11-5-12-8(9)10/h2-3,11H,4-5H2,1H3,(H4,9,10,12). The topological polar surface area (TPSA) is 73.9 Å². The van der Waals surface area contributed by atoms with Gasteiger partial charge >= 0.3 is 0 Å². The first-order valence-corrected chi connectivity index (χ1v) is 4.89. The van der Waals surface area contributed by atoms with Gasteiger partial charge in [0.25, 0.3) is 0 Å². The lowest BCUT2D eigenvalue weighted by molar-refractivity contribution is 0.662. The van der Waals surface area contributed by atoms with Gasteiger partial charge in [-0.15, -0.1) is 11.3 Å². The summed E-state index contributed by atoms with van der Waals surface area (Å²) in [6.07, 6.45) is 0. The minimum Gasteiger partial charge on any atom is -0.370 e. The quantitative estimate of drug-likeness (QED) is 0.247. The average molecular weight is 198 g/mol. The third-order valence-electron chi connectivity index (χ3n) is 1.69. The van der Waals surface area contributed by atoms with E-state index in [0.29, 0.717) is 6.67 Å². The molecule has 1 aromatic rings. The Morgan fingerprint density at radius 3 is 3.00 bits per heavy atom. The molecule has 0 amide bonds. The highest BCUT2D eigenvalue weighted by Gasteiger charge is 1.97. The van der Waals surface area contributed by atoms with Crippen LogP contribution in [0.2, 0.25) is 0 Å². The Balaban J connectivity index is 2.20. The molecule has 0 bridgehead atoms. The van der Waals surface area contributed by atoms with Crippen LogP contribution in [0.25, 0.3) is 0 Å². The van der Waals surface area contributed by atoms with Crippen molar-refractivity contribution in [3.05, 3.63) is 21.9 Å². The third-order valence-corrected chi connectivity index (χ3v) is 2.57. The molecule has 0 aliphatic carbocycles. The number of hydrogen-bond acceptors (Lipinski definition) is 3. The van der Waals surface area contributed by atoms with Gasteiger partial charge in [-0.25, -0.2) is 0 Å². The fourth-order valence-corrected chi connectivity index (χ4v) is 1.68. The van der Waals surface area contributed by atoms with Gasteiger partial charge in [0.2, 0.25) is 0 Å². The molecule has 0 atom stereocenters. The Bertz CT molecular complexity index is 281. The van der Waals surface area contributed by atoms with Crippen molar-refractivity contribution < 1.29 is 0 Å². The molecule has 1 rings (SSSR count). The summed E-state index contributed by atoms with van der Waals surface area (Å²) in [6.45, 7) is 3.44. The normalized spacial score (nSPS) is 9.92. The van der Waals surface area contributed by atoms with Gasteiger partial charge in [0.1, 0.15) is 0 Å². The zero-order valence-corrected chi connectivity index (χ0v) is 8.37. The summed E-state index contributed by atoms with van der Waals surface area (Å²) < 4.78 is 0. The first kappa shape index (κ1) is 10.0. The Hall–Kier alpha value is -1.07. The molecule has 1 aromatic heterocycles. The number of hydrogen-bond donors (Lipinski definition) is 4. The maximum absolute atomic E-state index is 6.92. The summed E-state index contributed by atoms with van der Waals surface area (Å²) in [4.78, 5) is 1.33. The number of thiophene rings is 1. The van der Waals surface area contributed by atoms with Gasteiger partial charge in [-0.05, 0) is 23.9 Å². The lowest BCUT2D eigenvalue weighted by Gasteiger charge is -2.05. The van der Waals surface area contributed by atoms with Crippen LogP contribution in [0, 0.1) is 12.3 Å². The van der Waals surface area contributed by atoms with E-state index in [1.54, 1.807) is 11.3 Å². The van der Waals surface area contributed by atoms with Crippen molar-refractivity contribution in [1.29, 1.82) is 5.41 Å². The molecular formula is C8H14N4S. The molecule has 0 saturated heterocycles. The Morgan fingerprint density at radius 2 is 2.46 bits per heavy atom. The fourth-order valence-electron chi connectivity index (χ4n) is 0.950. The zero-order chi connectivity index (χ0) is 9.68. The molecule has 0 radical (unpaired) electrons. The van der Waals surface area contributed by atoms with Crippen LogP contribution in [0.5, 0.6) is 0 Å². The number of nitrogens with two attached hydrogens (primary N) is 1. The van der Waals surface area contributed by atoms with Crippen LogP contribution in [-0.4, -0.2) is 12.6 Å². The molecule has 0 aliphatic heterocycles. The largest absolute Gasteiger partial charge is 0.370 e. The van der Waals surface area contributed by atoms with Gasteiger partial charge in [-0.2, -0.15) is 0 Å². The lowest BCUT2D eigenvalue weighted by atomic mass is 10.3. The minimum atomic E-state index is -0.00506. The van der Waals surface area contributed by atoms with Crippen molar-refractivity contribution in [2.75, 3.05) is 6.67 Å². The third kappa shape index (κ3) is 3.43. The Kier molecular flexibility index (Phi) is 3.72. The number of guanidine groups is 1. The predicted octanol–water partition coefficient (Wildman–Crippen LogP) is 0.587. The molecular weight excluding hydrogens is 184 g/mol. The van der Waals surface area contributed by atoms with Crippen molar-refractivity contribution in [3.63, 3.8) is 0 Å². The number of nitrogens with one attached hydrogen (secondary N) is 3. The van der Waals surface area contributed by atoms with Crippen LogP contribution in [0.1, 0.15) is 10.4 Å². The smallest absolute Gasteiger partial charge is 0.186 e. The molecule has 5 heteroatoms. The molecule has 0 saturated carbocycles. The van der Waals surface area contributed by atoms with Gasteiger partial charge in [0, 0.05) is 11.4 Å². The monoisotopic (exact) mass is 198 g/mol. The predicted molar refractivity (Wildman–Crippen MR) is 55.8 cm³/mol. The van der Waals surface area contributed by atoms with Gasteiger partial charge in [-0.3, -0.25) is 10.7 Å². The summed E-state index contributed by atoms with van der Waals surface area (Å²) in [5.41, 5.74) is 6.42. The van der Waals surface area contributed by atoms with Crippen molar-refractivity contribution in [2.45, 2.75) is 13.5 Å². The second-order valence-corrected chi connectivity index (χ2v) is 3.82. The summed E-state index contributed by atoms with van der Waals surface area (Å²) in [5, 5.41) is 14.8. The fraction of sp³-hybridized carbons (Fsp3) is 0.375. The van der Waals surface area contributed by atoms with E-state index in [2.05, 4.69) is 29.0 Å². The first-order valence-electron chi connectivity index (χ1n) is 4.01. The maximum atomic E-state index is 6.92. The van der Waals surface area contributed by atoms with Crippen LogP contribution in [0.4, 0.5) is 0 Å². The molecule has 0 fully saturated rings. The van der Waals surface area contributed by atoms with Gasteiger partial charge in [-0.1, -0.05) is 0 Å². The Labute approximate surface area is 81.7 Å². The molecule has 72 valence electrons. The SMILES string of the molecule is Cc1sccc1CNCNC(=N)N. The van der Waals surface area contributed by atoms with Crippen LogP contribution < -0.4 is 16.4 Å². The summed E-state index contributed by atoms with van der Waals surface area (Å²) in [5.74, 6) is -0.00506. The second kappa shape index (κ2) is 4.84. The van der Waals surface area contributed by atoms with Crippen molar-refractivity contribution in [3.8, 4) is 0 Å². The molecule has 0 aliphatic rings. The molecule has 4 nitrogen and oxygen atoms in total. The van der Waals surface area contributed by atoms with E-state index in [9.17, 15) is 0 Å². The lowest BCUT2D eigenvalue weighted by Crippen LogP contribution is -2.37. The average Bonchev–Trinajstić information content (AvgIpc) is 2.45. The highest BCUT2D eigenvalue weighted by atomic mass is 32.1. The molecule has 1 heterocycles. The van der Waals surface area contributed by atoms with Crippen LogP contribution >= 0.6 is 11.3 Å². The summed E-state index contributed by atoms with van der Waals surface area (Å²) >= 11 is 1.74. The minimum absolute atomic E-state index is 0.00506. The van der Waals surface area contributed by atoms with E-state index < -0.39 is 0 Å². The van der Waals surface area contributed by atoms with E-state index in [4.69, 9.17) is 11.1 Å². The van der Waals surface area contributed by atoms with E-state index in [-0.39, 0.29) is 5.96 Å². The number of rotatable bonds is 4. The van der Waals surface area contributed by atoms with Gasteiger partial charge < -0.3 is 11.1 Å². The number of aryl methyl sites for hydroxylation is 1. The van der Waals surface area contributed by atoms with Crippen LogP contribution in [-0.2, 0) is 6.54 Å². The molecule has 0 aromatic carbocycles. The molecule has 5 N–H and O–H groups in total. The van der Waals surface area contributed by atoms with E-state index >= 15 is 0 Å². The van der Waals surface area contributed by atoms with E-state index in [1.165, 1.54) is 10.4 Å². The zero-order valence-electron chi connectivity index (χ0n) is 7.55. The first-order chi connectivity index (χ1) is 6.20. The van der Waals surface area contributed by atoms with Gasteiger partial charge in [0.15, 0.2) is 5.96 Å². The van der Waals surface area contributed by atoms with Crippen LogP contribution in [0.3, 0.4) is 0 Å². The van der Waals surface area contributed by atoms with Crippen molar-refractivity contribution >= 4 is 17.3 Å². The van der Waals surface area contributed by atoms with Crippen molar-refractivity contribution in [1.82, 2.24) is 10.6 Å². The molecule has 0 spiro atoms.